The standard InChI is InChI=1S/C14H11IN2O3/c15-9-4-2-1-3-8(9)14(18)17-11-6-13-12(5-10(11)16)19-7-20-13/h1-6H,7,16H2,(H,17,18). The lowest BCUT2D eigenvalue weighted by Crippen LogP contribution is -2.14. The number of amides is 1. The van der Waals surface area contributed by atoms with Crippen molar-refractivity contribution in [2.45, 2.75) is 0 Å². The number of nitrogen functional groups attached to an aromatic ring is 1. The van der Waals surface area contributed by atoms with E-state index in [1.165, 1.54) is 0 Å². The van der Waals surface area contributed by atoms with Gasteiger partial charge >= 0.3 is 0 Å². The number of nitrogens with one attached hydrogen (secondary N) is 1. The van der Waals surface area contributed by atoms with Crippen molar-refractivity contribution in [2.75, 3.05) is 17.8 Å². The molecule has 1 heterocycles. The minimum absolute atomic E-state index is 0.169. The van der Waals surface area contributed by atoms with Gasteiger partial charge < -0.3 is 20.5 Å². The third-order valence-electron chi connectivity index (χ3n) is 2.91. The van der Waals surface area contributed by atoms with Crippen molar-refractivity contribution in [3.63, 3.8) is 0 Å². The summed E-state index contributed by atoms with van der Waals surface area (Å²) in [6, 6.07) is 10.7. The monoisotopic (exact) mass is 382 g/mol. The van der Waals surface area contributed by atoms with Gasteiger partial charge in [0.2, 0.25) is 6.79 Å². The number of rotatable bonds is 2. The Labute approximate surface area is 129 Å². The normalized spacial score (nSPS) is 12.2. The third-order valence-corrected chi connectivity index (χ3v) is 3.85. The molecule has 6 heteroatoms. The number of hydrogen-bond donors (Lipinski definition) is 2. The maximum absolute atomic E-state index is 12.2. The van der Waals surface area contributed by atoms with Crippen LogP contribution in [0.25, 0.3) is 0 Å². The SMILES string of the molecule is Nc1cc2c(cc1NC(=O)c1ccccc1I)OCO2. The number of benzene rings is 2. The van der Waals surface area contributed by atoms with Crippen molar-refractivity contribution in [1.82, 2.24) is 0 Å². The van der Waals surface area contributed by atoms with Gasteiger partial charge in [-0.1, -0.05) is 12.1 Å². The average Bonchev–Trinajstić information content (AvgIpc) is 2.86. The summed E-state index contributed by atoms with van der Waals surface area (Å²) in [7, 11) is 0. The zero-order chi connectivity index (χ0) is 14.1. The van der Waals surface area contributed by atoms with Crippen LogP contribution in [0.15, 0.2) is 36.4 Å². The van der Waals surface area contributed by atoms with Gasteiger partial charge in [0.05, 0.1) is 16.9 Å². The molecular formula is C14H11IN2O3. The Morgan fingerprint density at radius 1 is 1.20 bits per heavy atom. The van der Waals surface area contributed by atoms with Gasteiger partial charge in [-0.2, -0.15) is 0 Å². The van der Waals surface area contributed by atoms with Crippen LogP contribution >= 0.6 is 22.6 Å². The molecule has 0 radical (unpaired) electrons. The van der Waals surface area contributed by atoms with Gasteiger partial charge in [0.1, 0.15) is 0 Å². The molecule has 0 atom stereocenters. The van der Waals surface area contributed by atoms with E-state index in [2.05, 4.69) is 27.9 Å². The fourth-order valence-electron chi connectivity index (χ4n) is 1.90. The molecule has 0 spiro atoms. The number of carbonyl (C=O) groups is 1. The van der Waals surface area contributed by atoms with Gasteiger partial charge in [-0.3, -0.25) is 4.79 Å². The van der Waals surface area contributed by atoms with Crippen LogP contribution in [0.3, 0.4) is 0 Å². The molecule has 0 aliphatic carbocycles. The Bertz CT molecular complexity index is 688. The Kier molecular flexibility index (Phi) is 3.39. The minimum Gasteiger partial charge on any atom is -0.454 e. The predicted molar refractivity (Wildman–Crippen MR) is 84.1 cm³/mol. The maximum atomic E-state index is 12.2. The Morgan fingerprint density at radius 2 is 1.90 bits per heavy atom. The number of carbonyl (C=O) groups excluding carboxylic acids is 1. The number of hydrogen-bond acceptors (Lipinski definition) is 4. The quantitative estimate of drug-likeness (QED) is 0.619. The van der Waals surface area contributed by atoms with Crippen LogP contribution in [0.4, 0.5) is 11.4 Å². The molecule has 0 fully saturated rings. The molecule has 0 aromatic heterocycles. The molecule has 102 valence electrons. The summed E-state index contributed by atoms with van der Waals surface area (Å²) in [5.74, 6) is 0.965. The van der Waals surface area contributed by atoms with Crippen LogP contribution in [0, 0.1) is 3.57 Å². The summed E-state index contributed by atoms with van der Waals surface area (Å²) in [5.41, 5.74) is 7.46. The number of fused-ring (bicyclic) bond motifs is 1. The Hall–Kier alpha value is -1.96. The lowest BCUT2D eigenvalue weighted by atomic mass is 10.2. The highest BCUT2D eigenvalue weighted by atomic mass is 127. The van der Waals surface area contributed by atoms with Crippen molar-refractivity contribution in [1.29, 1.82) is 0 Å². The van der Waals surface area contributed by atoms with Gasteiger partial charge in [0.15, 0.2) is 11.5 Å². The molecule has 0 bridgehead atoms. The third kappa shape index (κ3) is 2.38. The first-order chi connectivity index (χ1) is 9.65. The first kappa shape index (κ1) is 13.0. The summed E-state index contributed by atoms with van der Waals surface area (Å²) < 4.78 is 11.4. The first-order valence-corrected chi connectivity index (χ1v) is 6.98. The fourth-order valence-corrected chi connectivity index (χ4v) is 2.53. The number of ether oxygens (including phenoxy) is 2. The van der Waals surface area contributed by atoms with Crippen LogP contribution in [0.2, 0.25) is 0 Å². The van der Waals surface area contributed by atoms with E-state index in [1.807, 2.05) is 18.2 Å². The van der Waals surface area contributed by atoms with E-state index in [-0.39, 0.29) is 12.7 Å². The molecule has 3 N–H and O–H groups in total. The summed E-state index contributed by atoms with van der Waals surface area (Å²) in [6.45, 7) is 0.169. The summed E-state index contributed by atoms with van der Waals surface area (Å²) in [5, 5.41) is 2.79. The minimum atomic E-state index is -0.208. The number of halogens is 1. The van der Waals surface area contributed by atoms with Crippen molar-refractivity contribution in [3.8, 4) is 11.5 Å². The van der Waals surface area contributed by atoms with Gasteiger partial charge in [-0.15, -0.1) is 0 Å². The Balaban J connectivity index is 1.88. The van der Waals surface area contributed by atoms with Gasteiger partial charge in [0.25, 0.3) is 5.91 Å². The lowest BCUT2D eigenvalue weighted by Gasteiger charge is -2.10. The largest absolute Gasteiger partial charge is 0.454 e. The molecule has 2 aromatic carbocycles. The highest BCUT2D eigenvalue weighted by Gasteiger charge is 2.18. The zero-order valence-corrected chi connectivity index (χ0v) is 12.5. The predicted octanol–water partition coefficient (Wildman–Crippen LogP) is 2.85. The number of anilines is 2. The van der Waals surface area contributed by atoms with E-state index in [0.29, 0.717) is 28.4 Å². The first-order valence-electron chi connectivity index (χ1n) is 5.90. The molecule has 1 aliphatic heterocycles. The molecule has 3 rings (SSSR count). The zero-order valence-electron chi connectivity index (χ0n) is 10.4. The summed E-state index contributed by atoms with van der Waals surface area (Å²) >= 11 is 2.12. The van der Waals surface area contributed by atoms with Gasteiger partial charge in [-0.25, -0.2) is 0 Å². The highest BCUT2D eigenvalue weighted by Crippen LogP contribution is 2.38. The molecule has 0 saturated carbocycles. The summed E-state index contributed by atoms with van der Waals surface area (Å²) in [6.07, 6.45) is 0. The smallest absolute Gasteiger partial charge is 0.256 e. The maximum Gasteiger partial charge on any atom is 0.256 e. The molecule has 20 heavy (non-hydrogen) atoms. The topological polar surface area (TPSA) is 73.6 Å². The molecular weight excluding hydrogens is 371 g/mol. The van der Waals surface area contributed by atoms with E-state index < -0.39 is 0 Å². The van der Waals surface area contributed by atoms with Crippen LogP contribution in [0.5, 0.6) is 11.5 Å². The second kappa shape index (κ2) is 5.20. The van der Waals surface area contributed by atoms with Crippen LogP contribution in [-0.4, -0.2) is 12.7 Å². The van der Waals surface area contributed by atoms with Crippen LogP contribution in [-0.2, 0) is 0 Å². The molecule has 0 saturated heterocycles. The van der Waals surface area contributed by atoms with E-state index in [4.69, 9.17) is 15.2 Å². The average molecular weight is 382 g/mol. The molecule has 5 nitrogen and oxygen atoms in total. The van der Waals surface area contributed by atoms with Crippen molar-refractivity contribution in [3.05, 3.63) is 45.5 Å². The molecule has 1 aliphatic rings. The van der Waals surface area contributed by atoms with Gasteiger partial charge in [0, 0.05) is 15.7 Å². The van der Waals surface area contributed by atoms with E-state index in [1.54, 1.807) is 18.2 Å². The van der Waals surface area contributed by atoms with E-state index >= 15 is 0 Å². The molecule has 1 amide bonds. The van der Waals surface area contributed by atoms with Crippen LogP contribution in [0.1, 0.15) is 10.4 Å². The highest BCUT2D eigenvalue weighted by molar-refractivity contribution is 14.1. The van der Waals surface area contributed by atoms with Crippen molar-refractivity contribution in [2.24, 2.45) is 0 Å². The number of nitrogens with two attached hydrogens (primary N) is 1. The second-order valence-electron chi connectivity index (χ2n) is 4.23. The fraction of sp³-hybridized carbons (Fsp3) is 0.0714. The summed E-state index contributed by atoms with van der Waals surface area (Å²) in [4.78, 5) is 12.2. The Morgan fingerprint density at radius 3 is 2.65 bits per heavy atom. The van der Waals surface area contributed by atoms with Crippen molar-refractivity contribution >= 4 is 39.9 Å². The van der Waals surface area contributed by atoms with Gasteiger partial charge in [-0.05, 0) is 34.7 Å². The van der Waals surface area contributed by atoms with Crippen LogP contribution < -0.4 is 20.5 Å². The van der Waals surface area contributed by atoms with E-state index in [0.717, 1.165) is 3.57 Å². The lowest BCUT2D eigenvalue weighted by molar-refractivity contribution is 0.102. The van der Waals surface area contributed by atoms with E-state index in [9.17, 15) is 4.79 Å². The molecule has 2 aromatic rings. The second-order valence-corrected chi connectivity index (χ2v) is 5.39. The van der Waals surface area contributed by atoms with Crippen molar-refractivity contribution < 1.29 is 14.3 Å². The molecule has 0 unspecified atom stereocenters.